The summed E-state index contributed by atoms with van der Waals surface area (Å²) in [5.41, 5.74) is 1.82. The normalized spacial score (nSPS) is 26.7. The zero-order valence-corrected chi connectivity index (χ0v) is 40.0. The number of nitrogens with zero attached hydrogens (tertiary/aromatic N) is 10. The van der Waals surface area contributed by atoms with Crippen molar-refractivity contribution in [1.82, 2.24) is 50.2 Å². The van der Waals surface area contributed by atoms with Crippen molar-refractivity contribution in [1.29, 1.82) is 0 Å². The molecule has 20 heteroatoms. The third-order valence-electron chi connectivity index (χ3n) is 13.2. The summed E-state index contributed by atoms with van der Waals surface area (Å²) in [5.74, 6) is 0.819. The average Bonchev–Trinajstić information content (AvgIpc) is 3.09. The number of hydroxylamine groups is 8. The maximum atomic E-state index is 11.0. The number of anilines is 4. The van der Waals surface area contributed by atoms with Gasteiger partial charge in [-0.1, -0.05) is 0 Å². The van der Waals surface area contributed by atoms with Crippen LogP contribution in [0, 0.1) is 0 Å². The Morgan fingerprint density at radius 2 is 0.597 bits per heavy atom. The molecular formula is C42H76N14O6. The summed E-state index contributed by atoms with van der Waals surface area (Å²) in [6.45, 7) is 31.8. The Kier molecular flexibility index (Phi) is 12.5. The maximum Gasteiger partial charge on any atom is 0.323 e. The molecule has 0 aliphatic carbocycles. The average molecular weight is 873 g/mol. The number of rotatable bonds is 11. The van der Waals surface area contributed by atoms with Crippen LogP contribution in [0.25, 0.3) is 0 Å². The molecule has 0 saturated carbocycles. The Morgan fingerprint density at radius 3 is 0.855 bits per heavy atom. The van der Waals surface area contributed by atoms with E-state index in [0.29, 0.717) is 51.4 Å². The molecule has 0 bridgehead atoms. The number of hydrogen-bond donors (Lipinski definition) is 8. The van der Waals surface area contributed by atoms with E-state index >= 15 is 0 Å². The van der Waals surface area contributed by atoms with Crippen LogP contribution in [-0.2, 0) is 0 Å². The van der Waals surface area contributed by atoms with Gasteiger partial charge in [-0.15, -0.1) is 0 Å². The second kappa shape index (κ2) is 16.2. The van der Waals surface area contributed by atoms with Crippen LogP contribution in [0.3, 0.4) is 0 Å². The van der Waals surface area contributed by atoms with Gasteiger partial charge in [0, 0.05) is 82.1 Å². The lowest BCUT2D eigenvalue weighted by Gasteiger charge is -2.51. The van der Waals surface area contributed by atoms with E-state index in [9.17, 15) is 20.8 Å². The first-order valence-electron chi connectivity index (χ1n) is 22.1. The maximum absolute atomic E-state index is 11.0. The van der Waals surface area contributed by atoms with Crippen molar-refractivity contribution < 1.29 is 30.3 Å². The minimum atomic E-state index is -0.565. The van der Waals surface area contributed by atoms with Gasteiger partial charge >= 0.3 is 12.0 Å². The Morgan fingerprint density at radius 1 is 0.371 bits per heavy atom. The van der Waals surface area contributed by atoms with Gasteiger partial charge in [0.2, 0.25) is 23.8 Å². The highest BCUT2D eigenvalue weighted by atomic mass is 16.5. The molecule has 6 rings (SSSR count). The minimum Gasteiger partial charge on any atom is -0.460 e. The molecule has 0 aromatic carbocycles. The van der Waals surface area contributed by atoms with Crippen molar-refractivity contribution in [2.45, 2.75) is 231 Å². The number of piperidine rings is 4. The fourth-order valence-electron chi connectivity index (χ4n) is 11.1. The van der Waals surface area contributed by atoms with Crippen LogP contribution >= 0.6 is 0 Å². The van der Waals surface area contributed by atoms with Gasteiger partial charge < -0.3 is 40.9 Å². The summed E-state index contributed by atoms with van der Waals surface area (Å²) in [5, 5.41) is 56.6. The molecule has 0 atom stereocenters. The van der Waals surface area contributed by atoms with Gasteiger partial charge in [-0.3, -0.25) is 10.9 Å². The number of nitrogens with one attached hydrogen (secondary N) is 4. The van der Waals surface area contributed by atoms with Crippen molar-refractivity contribution in [2.24, 2.45) is 0 Å². The lowest BCUT2D eigenvalue weighted by atomic mass is 9.79. The number of ether oxygens (including phenoxy) is 2. The van der Waals surface area contributed by atoms with Gasteiger partial charge in [0.25, 0.3) is 0 Å². The Balaban J connectivity index is 1.31. The lowest BCUT2D eigenvalue weighted by Crippen LogP contribution is -2.61. The van der Waals surface area contributed by atoms with Crippen molar-refractivity contribution in [3.63, 3.8) is 0 Å². The molecule has 4 aliphatic heterocycles. The summed E-state index contributed by atoms with van der Waals surface area (Å²) in [6, 6.07) is 0.00551. The first-order chi connectivity index (χ1) is 28.2. The van der Waals surface area contributed by atoms with Gasteiger partial charge in [-0.25, -0.2) is 0 Å². The Hall–Kier alpha value is -3.50. The summed E-state index contributed by atoms with van der Waals surface area (Å²) in [4.78, 5) is 28.3. The molecule has 6 heterocycles. The van der Waals surface area contributed by atoms with E-state index in [1.165, 1.54) is 20.3 Å². The largest absolute Gasteiger partial charge is 0.460 e. The van der Waals surface area contributed by atoms with Crippen LogP contribution in [-0.4, -0.2) is 140 Å². The van der Waals surface area contributed by atoms with Crippen molar-refractivity contribution >= 4 is 23.8 Å². The smallest absolute Gasteiger partial charge is 0.323 e. The monoisotopic (exact) mass is 873 g/mol. The van der Waals surface area contributed by atoms with Crippen LogP contribution in [0.4, 0.5) is 23.8 Å². The third-order valence-corrected chi connectivity index (χ3v) is 13.2. The summed E-state index contributed by atoms with van der Waals surface area (Å²) >= 11 is 0. The SMILES string of the molecule is CC1(C)CC(Nc2nc(NNc3nc(NC4CC(C)(C)N(O)C(C)(C)C4)nc(OC4CC(C)(C)N(O)C(C)(C)C4)n3)nc(OC3CC(C)(C)N(O)C(C)(C)C3)n2)CC(C)(C)N1O. The predicted octanol–water partition coefficient (Wildman–Crippen LogP) is 6.72. The number of hydrazine groups is 1. The van der Waals surface area contributed by atoms with Gasteiger partial charge in [0.15, 0.2) is 0 Å². The fraction of sp³-hybridized carbons (Fsp3) is 0.857. The second-order valence-corrected chi connectivity index (χ2v) is 23.3. The molecule has 8 N–H and O–H groups in total. The van der Waals surface area contributed by atoms with Crippen LogP contribution in [0.5, 0.6) is 12.0 Å². The first-order valence-corrected chi connectivity index (χ1v) is 22.1. The summed E-state index contributed by atoms with van der Waals surface area (Å²) in [6.07, 6.45) is 3.96. The first kappa shape index (κ1) is 48.0. The van der Waals surface area contributed by atoms with Crippen molar-refractivity contribution in [3.05, 3.63) is 0 Å². The molecule has 2 aromatic rings. The Labute approximate surface area is 367 Å². The second-order valence-electron chi connectivity index (χ2n) is 23.3. The number of aromatic nitrogens is 6. The molecule has 0 radical (unpaired) electrons. The third kappa shape index (κ3) is 10.4. The minimum absolute atomic E-state index is 0.0906. The van der Waals surface area contributed by atoms with Crippen molar-refractivity contribution in [2.75, 3.05) is 21.5 Å². The zero-order chi connectivity index (χ0) is 46.2. The van der Waals surface area contributed by atoms with Gasteiger partial charge in [-0.2, -0.15) is 50.2 Å². The van der Waals surface area contributed by atoms with Gasteiger partial charge in [-0.05, 0) is 136 Å². The topological polar surface area (TPSA) is 238 Å². The quantitative estimate of drug-likeness (QED) is 0.109. The molecule has 20 nitrogen and oxygen atoms in total. The van der Waals surface area contributed by atoms with Gasteiger partial charge in [0.05, 0.1) is 0 Å². The van der Waals surface area contributed by atoms with Crippen molar-refractivity contribution in [3.8, 4) is 12.0 Å². The van der Waals surface area contributed by atoms with E-state index in [-0.39, 0.29) is 60.1 Å². The Bertz CT molecular complexity index is 1590. The molecule has 4 aliphatic rings. The summed E-state index contributed by atoms with van der Waals surface area (Å²) in [7, 11) is 0. The fourth-order valence-corrected chi connectivity index (χ4v) is 11.1. The van der Waals surface area contributed by atoms with E-state index in [4.69, 9.17) is 29.4 Å². The molecule has 0 amide bonds. The van der Waals surface area contributed by atoms with E-state index in [1.54, 1.807) is 0 Å². The highest BCUT2D eigenvalue weighted by Gasteiger charge is 2.49. The molecule has 2 aromatic heterocycles. The highest BCUT2D eigenvalue weighted by Crippen LogP contribution is 2.42. The van der Waals surface area contributed by atoms with Crippen LogP contribution < -0.4 is 31.0 Å². The molecule has 4 fully saturated rings. The van der Waals surface area contributed by atoms with Crippen LogP contribution in [0.2, 0.25) is 0 Å². The van der Waals surface area contributed by atoms with Crippen LogP contribution in [0.15, 0.2) is 0 Å². The molecule has 0 unspecified atom stereocenters. The molecule has 4 saturated heterocycles. The summed E-state index contributed by atoms with van der Waals surface area (Å²) < 4.78 is 13.0. The van der Waals surface area contributed by atoms with E-state index < -0.39 is 44.3 Å². The van der Waals surface area contributed by atoms with E-state index in [0.717, 1.165) is 0 Å². The number of hydrogen-bond acceptors (Lipinski definition) is 20. The van der Waals surface area contributed by atoms with Crippen LogP contribution in [0.1, 0.15) is 162 Å². The standard InChI is InChI=1S/C42H76N14O6/c1-35(2)17-25(18-36(3,4)53(35)57)43-29-45-31(49-33(47-29)61-27-21-39(9,10)55(59)40(11,12)22-27)51-52-32-46-30(44-26-19-37(5,6)54(58)38(7,8)20-26)48-34(50-32)62-28-23-41(13,14)56(60)42(15,16)24-28/h25-28,57-60H,17-24H2,1-16H3,(H2,43,45,47,49,51)(H2,44,46,48,50,52). The van der Waals surface area contributed by atoms with Gasteiger partial charge in [0.1, 0.15) is 12.2 Å². The van der Waals surface area contributed by atoms with E-state index in [1.807, 2.05) is 111 Å². The zero-order valence-electron chi connectivity index (χ0n) is 40.0. The highest BCUT2D eigenvalue weighted by molar-refractivity contribution is 5.44. The molecule has 350 valence electrons. The molecular weight excluding hydrogens is 797 g/mol. The lowest BCUT2D eigenvalue weighted by molar-refractivity contribution is -0.255. The predicted molar refractivity (Wildman–Crippen MR) is 235 cm³/mol. The molecule has 0 spiro atoms. The van der Waals surface area contributed by atoms with E-state index in [2.05, 4.69) is 31.5 Å². The molecule has 62 heavy (non-hydrogen) atoms.